The summed E-state index contributed by atoms with van der Waals surface area (Å²) in [5.41, 5.74) is 9.55. The van der Waals surface area contributed by atoms with Crippen LogP contribution < -0.4 is 10.6 Å². The van der Waals surface area contributed by atoms with Gasteiger partial charge in [-0.15, -0.1) is 0 Å². The van der Waals surface area contributed by atoms with Crippen LogP contribution in [0.5, 0.6) is 0 Å². The fourth-order valence-electron chi connectivity index (χ4n) is 2.82. The monoisotopic (exact) mass is 262 g/mol. The minimum Gasteiger partial charge on any atom is -0.376 e. The lowest BCUT2D eigenvalue weighted by Gasteiger charge is -2.29. The summed E-state index contributed by atoms with van der Waals surface area (Å²) < 4.78 is 5.81. The highest BCUT2D eigenvalue weighted by Gasteiger charge is 2.16. The molecule has 3 nitrogen and oxygen atoms in total. The third kappa shape index (κ3) is 3.95. The highest BCUT2D eigenvalue weighted by molar-refractivity contribution is 5.54. The van der Waals surface area contributed by atoms with E-state index in [1.807, 2.05) is 0 Å². The zero-order valence-electron chi connectivity index (χ0n) is 12.2. The van der Waals surface area contributed by atoms with Gasteiger partial charge >= 0.3 is 0 Å². The van der Waals surface area contributed by atoms with E-state index in [1.165, 1.54) is 36.1 Å². The van der Waals surface area contributed by atoms with Gasteiger partial charge in [-0.05, 0) is 56.3 Å². The van der Waals surface area contributed by atoms with E-state index in [4.69, 9.17) is 10.5 Å². The van der Waals surface area contributed by atoms with E-state index in [0.717, 1.165) is 19.6 Å². The van der Waals surface area contributed by atoms with Crippen LogP contribution in [0.15, 0.2) is 18.2 Å². The number of nitrogens with zero attached hydrogens (tertiary/aromatic N) is 1. The molecule has 0 aromatic heterocycles. The van der Waals surface area contributed by atoms with Crippen LogP contribution in [0.4, 0.5) is 5.69 Å². The van der Waals surface area contributed by atoms with Gasteiger partial charge in [0.05, 0.1) is 6.10 Å². The second-order valence-electron chi connectivity index (χ2n) is 5.53. The Hall–Kier alpha value is -1.06. The Morgan fingerprint density at radius 3 is 2.84 bits per heavy atom. The van der Waals surface area contributed by atoms with Crippen molar-refractivity contribution in [2.75, 3.05) is 31.6 Å². The number of aryl methyl sites for hydroxylation is 1. The summed E-state index contributed by atoms with van der Waals surface area (Å²) in [5.74, 6) is 0. The molecule has 1 aromatic rings. The van der Waals surface area contributed by atoms with Crippen LogP contribution in [-0.2, 0) is 11.2 Å². The molecule has 0 spiro atoms. The first-order chi connectivity index (χ1) is 9.20. The SMILES string of the molecule is Cc1cc(CCN)ccc1N(C)CC1CCCCO1. The van der Waals surface area contributed by atoms with Crippen LogP contribution in [0.3, 0.4) is 0 Å². The van der Waals surface area contributed by atoms with Gasteiger partial charge in [-0.3, -0.25) is 0 Å². The van der Waals surface area contributed by atoms with E-state index >= 15 is 0 Å². The molecule has 1 atom stereocenters. The van der Waals surface area contributed by atoms with Gasteiger partial charge in [-0.2, -0.15) is 0 Å². The first-order valence-electron chi connectivity index (χ1n) is 7.33. The maximum absolute atomic E-state index is 5.81. The number of anilines is 1. The molecular formula is C16H26N2O. The van der Waals surface area contributed by atoms with E-state index < -0.39 is 0 Å². The van der Waals surface area contributed by atoms with Crippen LogP contribution in [-0.4, -0.2) is 32.8 Å². The third-order valence-electron chi connectivity index (χ3n) is 3.86. The summed E-state index contributed by atoms with van der Waals surface area (Å²) in [6.45, 7) is 4.79. The molecule has 0 amide bonds. The Morgan fingerprint density at radius 2 is 2.21 bits per heavy atom. The molecule has 3 heteroatoms. The van der Waals surface area contributed by atoms with Crippen molar-refractivity contribution in [1.82, 2.24) is 0 Å². The molecule has 0 saturated carbocycles. The Kier molecular flexibility index (Phi) is 5.23. The van der Waals surface area contributed by atoms with Crippen LogP contribution in [0.1, 0.15) is 30.4 Å². The molecule has 2 rings (SSSR count). The van der Waals surface area contributed by atoms with Gasteiger partial charge in [-0.1, -0.05) is 12.1 Å². The number of hydrogen-bond acceptors (Lipinski definition) is 3. The van der Waals surface area contributed by atoms with Gasteiger partial charge in [0.15, 0.2) is 0 Å². The van der Waals surface area contributed by atoms with Crippen molar-refractivity contribution in [2.45, 2.75) is 38.7 Å². The Bertz CT molecular complexity index is 400. The van der Waals surface area contributed by atoms with Gasteiger partial charge in [-0.25, -0.2) is 0 Å². The molecule has 0 radical (unpaired) electrons. The van der Waals surface area contributed by atoms with Gasteiger partial charge in [0, 0.05) is 25.9 Å². The van der Waals surface area contributed by atoms with Crippen molar-refractivity contribution < 1.29 is 4.74 Å². The Labute approximate surface area is 116 Å². The summed E-state index contributed by atoms with van der Waals surface area (Å²) in [4.78, 5) is 2.32. The lowest BCUT2D eigenvalue weighted by Crippen LogP contribution is -2.33. The number of rotatable bonds is 5. The summed E-state index contributed by atoms with van der Waals surface area (Å²) >= 11 is 0. The first kappa shape index (κ1) is 14.4. The van der Waals surface area contributed by atoms with Gasteiger partial charge < -0.3 is 15.4 Å². The van der Waals surface area contributed by atoms with Crippen molar-refractivity contribution in [2.24, 2.45) is 5.73 Å². The molecule has 1 aliphatic rings. The smallest absolute Gasteiger partial charge is 0.0749 e. The van der Waals surface area contributed by atoms with Crippen molar-refractivity contribution in [3.8, 4) is 0 Å². The van der Waals surface area contributed by atoms with E-state index in [1.54, 1.807) is 0 Å². The fourth-order valence-corrected chi connectivity index (χ4v) is 2.82. The van der Waals surface area contributed by atoms with Gasteiger partial charge in [0.25, 0.3) is 0 Å². The molecule has 1 saturated heterocycles. The van der Waals surface area contributed by atoms with Crippen LogP contribution in [0, 0.1) is 6.92 Å². The lowest BCUT2D eigenvalue weighted by atomic mass is 10.1. The zero-order chi connectivity index (χ0) is 13.7. The van der Waals surface area contributed by atoms with Crippen LogP contribution in [0.25, 0.3) is 0 Å². The third-order valence-corrected chi connectivity index (χ3v) is 3.86. The molecule has 1 heterocycles. The molecule has 1 unspecified atom stereocenters. The molecule has 1 fully saturated rings. The molecule has 106 valence electrons. The molecule has 19 heavy (non-hydrogen) atoms. The molecule has 2 N–H and O–H groups in total. The molecule has 1 aromatic carbocycles. The van der Waals surface area contributed by atoms with Crippen molar-refractivity contribution in [3.63, 3.8) is 0 Å². The van der Waals surface area contributed by atoms with Crippen molar-refractivity contribution >= 4 is 5.69 Å². The average molecular weight is 262 g/mol. The number of benzene rings is 1. The average Bonchev–Trinajstić information content (AvgIpc) is 2.40. The number of likely N-dealkylation sites (N-methyl/N-ethyl adjacent to an activating group) is 1. The van der Waals surface area contributed by atoms with E-state index in [2.05, 4.69) is 37.1 Å². The highest BCUT2D eigenvalue weighted by atomic mass is 16.5. The summed E-state index contributed by atoms with van der Waals surface area (Å²) in [6, 6.07) is 6.65. The Balaban J connectivity index is 1.99. The minimum atomic E-state index is 0.391. The molecule has 0 aliphatic carbocycles. The topological polar surface area (TPSA) is 38.5 Å². The van der Waals surface area contributed by atoms with Crippen molar-refractivity contribution in [3.05, 3.63) is 29.3 Å². The highest BCUT2D eigenvalue weighted by Crippen LogP contribution is 2.22. The van der Waals surface area contributed by atoms with E-state index in [9.17, 15) is 0 Å². The number of nitrogens with two attached hydrogens (primary N) is 1. The largest absolute Gasteiger partial charge is 0.376 e. The normalized spacial score (nSPS) is 19.4. The van der Waals surface area contributed by atoms with Gasteiger partial charge in [0.2, 0.25) is 0 Å². The Morgan fingerprint density at radius 1 is 1.37 bits per heavy atom. The summed E-state index contributed by atoms with van der Waals surface area (Å²) in [5, 5.41) is 0. The predicted molar refractivity (Wildman–Crippen MR) is 80.8 cm³/mol. The molecular weight excluding hydrogens is 236 g/mol. The maximum atomic E-state index is 5.81. The number of ether oxygens (including phenoxy) is 1. The summed E-state index contributed by atoms with van der Waals surface area (Å²) in [7, 11) is 2.16. The van der Waals surface area contributed by atoms with Crippen LogP contribution in [0.2, 0.25) is 0 Å². The minimum absolute atomic E-state index is 0.391. The van der Waals surface area contributed by atoms with Gasteiger partial charge in [0.1, 0.15) is 0 Å². The van der Waals surface area contributed by atoms with Crippen LogP contribution >= 0.6 is 0 Å². The van der Waals surface area contributed by atoms with E-state index in [-0.39, 0.29) is 0 Å². The maximum Gasteiger partial charge on any atom is 0.0749 e. The second-order valence-corrected chi connectivity index (χ2v) is 5.53. The predicted octanol–water partition coefficient (Wildman–Crippen LogP) is 2.50. The standard InChI is InChI=1S/C16H26N2O/c1-13-11-14(8-9-17)6-7-16(13)18(2)12-15-5-3-4-10-19-15/h6-7,11,15H,3-5,8-10,12,17H2,1-2H3. The molecule has 0 bridgehead atoms. The zero-order valence-corrected chi connectivity index (χ0v) is 12.2. The van der Waals surface area contributed by atoms with Crippen molar-refractivity contribution in [1.29, 1.82) is 0 Å². The fraction of sp³-hybridized carbons (Fsp3) is 0.625. The molecule has 1 aliphatic heterocycles. The summed E-state index contributed by atoms with van der Waals surface area (Å²) in [6.07, 6.45) is 5.05. The lowest BCUT2D eigenvalue weighted by molar-refractivity contribution is 0.0216. The first-order valence-corrected chi connectivity index (χ1v) is 7.33. The quantitative estimate of drug-likeness (QED) is 0.886. The second kappa shape index (κ2) is 6.92. The number of hydrogen-bond donors (Lipinski definition) is 1. The van der Waals surface area contributed by atoms with E-state index in [0.29, 0.717) is 12.6 Å².